The van der Waals surface area contributed by atoms with Crippen molar-refractivity contribution in [1.29, 1.82) is 0 Å². The van der Waals surface area contributed by atoms with Gasteiger partial charge in [0.1, 0.15) is 0 Å². The molecule has 2 rings (SSSR count). The van der Waals surface area contributed by atoms with E-state index in [1.807, 2.05) is 0 Å². The second kappa shape index (κ2) is 1.86. The van der Waals surface area contributed by atoms with Gasteiger partial charge in [-0.1, -0.05) is 31.9 Å². The van der Waals surface area contributed by atoms with Crippen LogP contribution in [0.4, 0.5) is 0 Å². The molecular weight excluding hydrogens is 108 g/mol. The Morgan fingerprint density at radius 3 is 2.56 bits per heavy atom. The Hall–Kier alpha value is -0.260. The van der Waals surface area contributed by atoms with E-state index in [0.29, 0.717) is 0 Å². The van der Waals surface area contributed by atoms with Crippen LogP contribution in [0.3, 0.4) is 0 Å². The molecule has 2 aliphatic carbocycles. The molecule has 1 saturated carbocycles. The Morgan fingerprint density at radius 1 is 1.22 bits per heavy atom. The third-order valence-electron chi connectivity index (χ3n) is 2.93. The van der Waals surface area contributed by atoms with Crippen LogP contribution >= 0.6 is 0 Å². The van der Waals surface area contributed by atoms with E-state index in [2.05, 4.69) is 19.1 Å². The molecule has 2 aliphatic rings. The second-order valence-corrected chi connectivity index (χ2v) is 3.53. The van der Waals surface area contributed by atoms with Gasteiger partial charge in [0.25, 0.3) is 0 Å². The topological polar surface area (TPSA) is 0 Å². The average molecular weight is 122 g/mol. The van der Waals surface area contributed by atoms with Crippen LogP contribution in [0.25, 0.3) is 0 Å². The summed E-state index contributed by atoms with van der Waals surface area (Å²) in [5, 5.41) is 0. The van der Waals surface area contributed by atoms with Crippen molar-refractivity contribution in [3.63, 3.8) is 0 Å². The smallest absolute Gasteiger partial charge is 0.0145 e. The molecule has 50 valence electrons. The van der Waals surface area contributed by atoms with E-state index < -0.39 is 0 Å². The highest BCUT2D eigenvalue weighted by atomic mass is 14.4. The summed E-state index contributed by atoms with van der Waals surface area (Å²) in [7, 11) is 0. The maximum absolute atomic E-state index is 2.40. The summed E-state index contributed by atoms with van der Waals surface area (Å²) in [6.07, 6.45) is 9.18. The number of hydrogen-bond acceptors (Lipinski definition) is 0. The Bertz CT molecular complexity index is 135. The summed E-state index contributed by atoms with van der Waals surface area (Å²) in [5.74, 6) is 2.93. The molecule has 0 aromatic carbocycles. The summed E-state index contributed by atoms with van der Waals surface area (Å²) in [5.41, 5.74) is 0. The van der Waals surface area contributed by atoms with Crippen LogP contribution < -0.4 is 0 Å². The third kappa shape index (κ3) is 0.726. The minimum Gasteiger partial charge on any atom is -0.0845 e. The fourth-order valence-corrected chi connectivity index (χ4v) is 2.16. The maximum Gasteiger partial charge on any atom is -0.0145 e. The molecule has 3 unspecified atom stereocenters. The molecule has 0 amide bonds. The summed E-state index contributed by atoms with van der Waals surface area (Å²) in [4.78, 5) is 0. The molecular formula is C9H14. The van der Waals surface area contributed by atoms with E-state index in [0.717, 1.165) is 17.8 Å². The quantitative estimate of drug-likeness (QED) is 0.433. The molecule has 3 atom stereocenters. The van der Waals surface area contributed by atoms with E-state index in [9.17, 15) is 0 Å². The fourth-order valence-electron chi connectivity index (χ4n) is 2.16. The molecule has 9 heavy (non-hydrogen) atoms. The predicted molar refractivity (Wildman–Crippen MR) is 39.1 cm³/mol. The van der Waals surface area contributed by atoms with Crippen LogP contribution in [0.5, 0.6) is 0 Å². The van der Waals surface area contributed by atoms with Gasteiger partial charge in [-0.25, -0.2) is 0 Å². The van der Waals surface area contributed by atoms with Crippen molar-refractivity contribution in [2.45, 2.75) is 26.2 Å². The van der Waals surface area contributed by atoms with Crippen LogP contribution in [0.15, 0.2) is 12.2 Å². The van der Waals surface area contributed by atoms with Gasteiger partial charge >= 0.3 is 0 Å². The van der Waals surface area contributed by atoms with Gasteiger partial charge in [0, 0.05) is 0 Å². The molecule has 1 fully saturated rings. The van der Waals surface area contributed by atoms with Gasteiger partial charge in [0.15, 0.2) is 0 Å². The van der Waals surface area contributed by atoms with Gasteiger partial charge in [-0.3, -0.25) is 0 Å². The molecule has 0 N–H and O–H groups in total. The lowest BCUT2D eigenvalue weighted by Gasteiger charge is -2.38. The largest absolute Gasteiger partial charge is 0.0845 e. The summed E-state index contributed by atoms with van der Waals surface area (Å²) in [6.45, 7) is 2.39. The van der Waals surface area contributed by atoms with E-state index in [4.69, 9.17) is 0 Å². The molecule has 0 aromatic heterocycles. The highest BCUT2D eigenvalue weighted by Gasteiger charge is 2.31. The lowest BCUT2D eigenvalue weighted by atomic mass is 9.67. The molecule has 0 heterocycles. The molecule has 0 saturated heterocycles. The van der Waals surface area contributed by atoms with E-state index in [1.165, 1.54) is 19.3 Å². The molecule has 0 heteroatoms. The standard InChI is InChI=1S/C9H14/c1-7-3-2-4-8-5-6-9(7)8/h5-9H,2-4H2,1H3. The highest BCUT2D eigenvalue weighted by molar-refractivity contribution is 5.11. The summed E-state index contributed by atoms with van der Waals surface area (Å²) >= 11 is 0. The molecule has 0 bridgehead atoms. The molecule has 0 aromatic rings. The Labute approximate surface area is 57.0 Å². The van der Waals surface area contributed by atoms with Crippen molar-refractivity contribution in [2.24, 2.45) is 17.8 Å². The van der Waals surface area contributed by atoms with E-state index in [1.54, 1.807) is 0 Å². The monoisotopic (exact) mass is 122 g/mol. The van der Waals surface area contributed by atoms with Gasteiger partial charge in [-0.2, -0.15) is 0 Å². The van der Waals surface area contributed by atoms with E-state index >= 15 is 0 Å². The van der Waals surface area contributed by atoms with Crippen LogP contribution in [-0.2, 0) is 0 Å². The Kier molecular flexibility index (Phi) is 1.14. The lowest BCUT2D eigenvalue weighted by Crippen LogP contribution is -2.29. The molecule has 0 aliphatic heterocycles. The summed E-state index contributed by atoms with van der Waals surface area (Å²) in [6, 6.07) is 0. The van der Waals surface area contributed by atoms with Crippen molar-refractivity contribution >= 4 is 0 Å². The Balaban J connectivity index is 2.08. The van der Waals surface area contributed by atoms with Crippen molar-refractivity contribution in [2.75, 3.05) is 0 Å². The number of rotatable bonds is 0. The molecule has 0 spiro atoms. The highest BCUT2D eigenvalue weighted by Crippen LogP contribution is 2.41. The predicted octanol–water partition coefficient (Wildman–Crippen LogP) is 2.61. The zero-order chi connectivity index (χ0) is 6.27. The number of hydrogen-bond donors (Lipinski definition) is 0. The van der Waals surface area contributed by atoms with Crippen LogP contribution in [-0.4, -0.2) is 0 Å². The first kappa shape index (κ1) is 5.52. The van der Waals surface area contributed by atoms with Crippen LogP contribution in [0.1, 0.15) is 26.2 Å². The zero-order valence-electron chi connectivity index (χ0n) is 6.01. The summed E-state index contributed by atoms with van der Waals surface area (Å²) < 4.78 is 0. The zero-order valence-corrected chi connectivity index (χ0v) is 6.01. The van der Waals surface area contributed by atoms with Crippen LogP contribution in [0.2, 0.25) is 0 Å². The van der Waals surface area contributed by atoms with Gasteiger partial charge in [0.05, 0.1) is 0 Å². The van der Waals surface area contributed by atoms with Crippen molar-refractivity contribution in [1.82, 2.24) is 0 Å². The fraction of sp³-hybridized carbons (Fsp3) is 0.778. The minimum atomic E-state index is 0.971. The first-order valence-corrected chi connectivity index (χ1v) is 4.06. The SMILES string of the molecule is CC1CCCC2C=CC12. The van der Waals surface area contributed by atoms with Crippen LogP contribution in [0, 0.1) is 17.8 Å². The first-order valence-electron chi connectivity index (χ1n) is 4.06. The normalized spacial score (nSPS) is 47.9. The third-order valence-corrected chi connectivity index (χ3v) is 2.93. The lowest BCUT2D eigenvalue weighted by molar-refractivity contribution is 0.219. The Morgan fingerprint density at radius 2 is 2.11 bits per heavy atom. The number of fused-ring (bicyclic) bond motifs is 1. The molecule has 0 radical (unpaired) electrons. The van der Waals surface area contributed by atoms with Gasteiger partial charge in [-0.05, 0) is 24.2 Å². The number of allylic oxidation sites excluding steroid dienone is 2. The van der Waals surface area contributed by atoms with Gasteiger partial charge in [-0.15, -0.1) is 0 Å². The van der Waals surface area contributed by atoms with Crippen molar-refractivity contribution < 1.29 is 0 Å². The van der Waals surface area contributed by atoms with Gasteiger partial charge < -0.3 is 0 Å². The first-order chi connectivity index (χ1) is 4.38. The van der Waals surface area contributed by atoms with Crippen molar-refractivity contribution in [3.8, 4) is 0 Å². The second-order valence-electron chi connectivity index (χ2n) is 3.53. The molecule has 0 nitrogen and oxygen atoms in total. The van der Waals surface area contributed by atoms with Crippen molar-refractivity contribution in [3.05, 3.63) is 12.2 Å². The average Bonchev–Trinajstić information content (AvgIpc) is 1.74. The minimum absolute atomic E-state index is 0.971. The van der Waals surface area contributed by atoms with E-state index in [-0.39, 0.29) is 0 Å². The maximum atomic E-state index is 2.40. The van der Waals surface area contributed by atoms with Gasteiger partial charge in [0.2, 0.25) is 0 Å².